The van der Waals surface area contributed by atoms with Gasteiger partial charge >= 0.3 is 0 Å². The van der Waals surface area contributed by atoms with Gasteiger partial charge in [-0.25, -0.2) is 0 Å². The Bertz CT molecular complexity index is 280. The van der Waals surface area contributed by atoms with E-state index in [0.29, 0.717) is 45.0 Å². The normalized spacial score (nSPS) is 13.1. The number of rotatable bonds is 13. The predicted octanol–water partition coefficient (Wildman–Crippen LogP) is 2.30. The van der Waals surface area contributed by atoms with E-state index in [4.69, 9.17) is 14.2 Å². The third-order valence-corrected chi connectivity index (χ3v) is 3.12. The topological polar surface area (TPSA) is 56.8 Å². The van der Waals surface area contributed by atoms with Crippen LogP contribution < -0.4 is 5.32 Å². The minimum atomic E-state index is -0.285. The third-order valence-electron chi connectivity index (χ3n) is 2.88. The van der Waals surface area contributed by atoms with Gasteiger partial charge in [-0.05, 0) is 25.2 Å². The van der Waals surface area contributed by atoms with Crippen molar-refractivity contribution in [2.24, 2.45) is 5.41 Å². The van der Waals surface area contributed by atoms with Crippen LogP contribution in [0.4, 0.5) is 0 Å². The van der Waals surface area contributed by atoms with E-state index in [1.807, 2.05) is 0 Å². The van der Waals surface area contributed by atoms with Gasteiger partial charge in [0.15, 0.2) is 0 Å². The lowest BCUT2D eigenvalue weighted by Crippen LogP contribution is -2.32. The van der Waals surface area contributed by atoms with Crippen LogP contribution in [-0.2, 0) is 19.0 Å². The Morgan fingerprint density at radius 2 is 1.50 bits per heavy atom. The van der Waals surface area contributed by atoms with Crippen molar-refractivity contribution in [3.63, 3.8) is 0 Å². The first-order valence-electron chi connectivity index (χ1n) is 8.02. The van der Waals surface area contributed by atoms with E-state index in [9.17, 15) is 4.79 Å². The summed E-state index contributed by atoms with van der Waals surface area (Å²) in [4.78, 5) is 11.2. The molecule has 0 fully saturated rings. The quantitative estimate of drug-likeness (QED) is 0.400. The maximum absolute atomic E-state index is 11.2. The molecule has 0 aromatic carbocycles. The summed E-state index contributed by atoms with van der Waals surface area (Å²) >= 11 is 4.03. The molecule has 0 radical (unpaired) electrons. The summed E-state index contributed by atoms with van der Waals surface area (Å²) in [6.07, 6.45) is 2.26. The van der Waals surface area contributed by atoms with Crippen LogP contribution in [0.25, 0.3) is 0 Å². The van der Waals surface area contributed by atoms with Gasteiger partial charge in [0.1, 0.15) is 0 Å². The molecular formula is C16H33NO4S. The molecule has 1 unspecified atom stereocenters. The van der Waals surface area contributed by atoms with E-state index in [-0.39, 0.29) is 11.2 Å². The first kappa shape index (κ1) is 21.7. The van der Waals surface area contributed by atoms with Crippen LogP contribution in [-0.4, -0.2) is 57.3 Å². The summed E-state index contributed by atoms with van der Waals surface area (Å²) in [7, 11) is 0. The van der Waals surface area contributed by atoms with Crippen LogP contribution in [0.2, 0.25) is 0 Å². The largest absolute Gasteiger partial charge is 0.379 e. The number of thiol groups is 1. The van der Waals surface area contributed by atoms with Crippen LogP contribution in [0, 0.1) is 5.41 Å². The van der Waals surface area contributed by atoms with E-state index in [2.05, 4.69) is 38.7 Å². The van der Waals surface area contributed by atoms with Crippen LogP contribution in [0.15, 0.2) is 0 Å². The molecule has 1 atom stereocenters. The molecule has 0 aliphatic heterocycles. The Labute approximate surface area is 140 Å². The second-order valence-corrected chi connectivity index (χ2v) is 7.24. The fourth-order valence-corrected chi connectivity index (χ4v) is 1.73. The molecule has 22 heavy (non-hydrogen) atoms. The van der Waals surface area contributed by atoms with Crippen molar-refractivity contribution in [2.75, 3.05) is 46.2 Å². The zero-order valence-corrected chi connectivity index (χ0v) is 15.4. The van der Waals surface area contributed by atoms with E-state index >= 15 is 0 Å². The van der Waals surface area contributed by atoms with E-state index < -0.39 is 0 Å². The fourth-order valence-electron chi connectivity index (χ4n) is 1.64. The van der Waals surface area contributed by atoms with Gasteiger partial charge in [0, 0.05) is 13.2 Å². The number of carbonyl (C=O) groups excluding carboxylic acids is 1. The Morgan fingerprint density at radius 3 is 2.00 bits per heavy atom. The average Bonchev–Trinajstić information content (AvgIpc) is 2.42. The number of nitrogens with one attached hydrogen (secondary N) is 1. The predicted molar refractivity (Wildman–Crippen MR) is 92.6 cm³/mol. The molecule has 132 valence electrons. The number of hydrogen-bond donors (Lipinski definition) is 2. The van der Waals surface area contributed by atoms with Crippen molar-refractivity contribution in [2.45, 2.75) is 45.8 Å². The molecule has 6 heteroatoms. The monoisotopic (exact) mass is 335 g/mol. The Hall–Kier alpha value is -0.300. The Kier molecular flexibility index (Phi) is 13.0. The molecule has 1 amide bonds. The molecule has 0 aliphatic rings. The van der Waals surface area contributed by atoms with E-state index in [1.54, 1.807) is 6.92 Å². The number of ether oxygens (including phenoxy) is 3. The van der Waals surface area contributed by atoms with Gasteiger partial charge in [0.2, 0.25) is 5.91 Å². The second-order valence-electron chi connectivity index (χ2n) is 6.47. The lowest BCUT2D eigenvalue weighted by Gasteiger charge is -2.17. The Balaban J connectivity index is 3.13. The first-order valence-corrected chi connectivity index (χ1v) is 8.53. The minimum Gasteiger partial charge on any atom is -0.379 e. The highest BCUT2D eigenvalue weighted by Gasteiger charge is 2.08. The Morgan fingerprint density at radius 1 is 1.00 bits per heavy atom. The van der Waals surface area contributed by atoms with E-state index in [0.717, 1.165) is 13.0 Å². The van der Waals surface area contributed by atoms with Crippen LogP contribution in [0.5, 0.6) is 0 Å². The maximum atomic E-state index is 11.2. The highest BCUT2D eigenvalue weighted by atomic mass is 32.1. The van der Waals surface area contributed by atoms with Crippen LogP contribution >= 0.6 is 12.6 Å². The lowest BCUT2D eigenvalue weighted by atomic mass is 9.91. The molecule has 0 aromatic heterocycles. The van der Waals surface area contributed by atoms with Gasteiger partial charge in [0.05, 0.1) is 38.3 Å². The second kappa shape index (κ2) is 13.2. The third kappa shape index (κ3) is 16.1. The summed E-state index contributed by atoms with van der Waals surface area (Å²) in [6.45, 7) is 12.5. The van der Waals surface area contributed by atoms with Crippen molar-refractivity contribution in [1.82, 2.24) is 5.32 Å². The standard InChI is InChI=1S/C16H33NO4S/c1-14(22)15(18)17-7-9-20-11-13-21-12-10-19-8-5-6-16(2,3)4/h14,22H,5-13H2,1-4H3,(H,17,18). The molecule has 1 N–H and O–H groups in total. The summed E-state index contributed by atoms with van der Waals surface area (Å²) in [5.74, 6) is -0.0770. The molecule has 0 saturated carbocycles. The highest BCUT2D eigenvalue weighted by Crippen LogP contribution is 2.20. The molecule has 5 nitrogen and oxygen atoms in total. The highest BCUT2D eigenvalue weighted by molar-refractivity contribution is 7.81. The van der Waals surface area contributed by atoms with Crippen LogP contribution in [0.3, 0.4) is 0 Å². The summed E-state index contributed by atoms with van der Waals surface area (Å²) in [5.41, 5.74) is 0.377. The van der Waals surface area contributed by atoms with Gasteiger partial charge < -0.3 is 19.5 Å². The zero-order valence-electron chi connectivity index (χ0n) is 14.5. The number of amides is 1. The minimum absolute atomic E-state index is 0.0770. The SMILES string of the molecule is CC(S)C(=O)NCCOCCOCCOCCCC(C)(C)C. The number of carbonyl (C=O) groups is 1. The summed E-state index contributed by atoms with van der Waals surface area (Å²) < 4.78 is 16.2. The van der Waals surface area contributed by atoms with Gasteiger partial charge in [-0.1, -0.05) is 20.8 Å². The first-order chi connectivity index (χ1) is 10.3. The van der Waals surface area contributed by atoms with Gasteiger partial charge in [-0.2, -0.15) is 12.6 Å². The maximum Gasteiger partial charge on any atom is 0.232 e. The van der Waals surface area contributed by atoms with Gasteiger partial charge in [-0.3, -0.25) is 4.79 Å². The van der Waals surface area contributed by atoms with Crippen molar-refractivity contribution >= 4 is 18.5 Å². The van der Waals surface area contributed by atoms with Crippen molar-refractivity contribution in [3.05, 3.63) is 0 Å². The molecule has 0 aliphatic carbocycles. The molecule has 0 aromatic rings. The lowest BCUT2D eigenvalue weighted by molar-refractivity contribution is -0.120. The summed E-state index contributed by atoms with van der Waals surface area (Å²) in [5, 5.41) is 2.44. The van der Waals surface area contributed by atoms with Gasteiger partial charge in [-0.15, -0.1) is 0 Å². The smallest absolute Gasteiger partial charge is 0.232 e. The number of hydrogen-bond acceptors (Lipinski definition) is 5. The molecule has 0 saturated heterocycles. The average molecular weight is 336 g/mol. The van der Waals surface area contributed by atoms with E-state index in [1.165, 1.54) is 6.42 Å². The molecule has 0 bridgehead atoms. The van der Waals surface area contributed by atoms with Crippen LogP contribution in [0.1, 0.15) is 40.5 Å². The van der Waals surface area contributed by atoms with Gasteiger partial charge in [0.25, 0.3) is 0 Å². The molecule has 0 rings (SSSR count). The van der Waals surface area contributed by atoms with Crippen molar-refractivity contribution in [1.29, 1.82) is 0 Å². The molecule has 0 spiro atoms. The fraction of sp³-hybridized carbons (Fsp3) is 0.938. The molecule has 0 heterocycles. The van der Waals surface area contributed by atoms with Crippen molar-refractivity contribution in [3.8, 4) is 0 Å². The summed E-state index contributed by atoms with van der Waals surface area (Å²) in [6, 6.07) is 0. The zero-order chi connectivity index (χ0) is 16.8. The van der Waals surface area contributed by atoms with Crippen molar-refractivity contribution < 1.29 is 19.0 Å². The molecular weight excluding hydrogens is 302 g/mol.